The number of nitrogens with two attached hydrogens (primary N) is 2. The van der Waals surface area contributed by atoms with Crippen LogP contribution in [0.2, 0.25) is 0 Å². The smallest absolute Gasteiger partial charge is 0.190 e. The zero-order chi connectivity index (χ0) is 15.7. The van der Waals surface area contributed by atoms with Gasteiger partial charge in [-0.25, -0.2) is 9.98 Å². The molecule has 2 heterocycles. The van der Waals surface area contributed by atoms with Gasteiger partial charge in [-0.2, -0.15) is 0 Å². The number of ether oxygens (including phenoxy) is 2. The molecule has 0 spiro atoms. The molecule has 6 N–H and O–H groups in total. The molecule has 0 bridgehead atoms. The minimum Gasteiger partial charge on any atom is -0.493 e. The first-order valence-corrected chi connectivity index (χ1v) is 6.71. The van der Waals surface area contributed by atoms with Gasteiger partial charge in [-0.15, -0.1) is 0 Å². The molecular formula is C14H18N6O2. The maximum absolute atomic E-state index is 6.31. The number of amidine groups is 1. The Labute approximate surface area is 127 Å². The summed E-state index contributed by atoms with van der Waals surface area (Å²) in [6, 6.07) is 3.57. The van der Waals surface area contributed by atoms with Gasteiger partial charge in [-0.05, 0) is 6.07 Å². The Kier molecular flexibility index (Phi) is 3.38. The largest absolute Gasteiger partial charge is 0.493 e. The van der Waals surface area contributed by atoms with E-state index in [4.69, 9.17) is 20.9 Å². The molecule has 0 fully saturated rings. The number of aliphatic imine (C=N–C) groups is 1. The van der Waals surface area contributed by atoms with Crippen LogP contribution in [-0.2, 0) is 6.42 Å². The van der Waals surface area contributed by atoms with E-state index < -0.39 is 5.79 Å². The number of imidazole rings is 1. The number of anilines is 1. The number of aromatic nitrogens is 2. The van der Waals surface area contributed by atoms with Crippen molar-refractivity contribution in [1.82, 2.24) is 9.97 Å². The van der Waals surface area contributed by atoms with Crippen molar-refractivity contribution in [3.63, 3.8) is 0 Å². The Hall–Kier alpha value is -2.74. The second-order valence-electron chi connectivity index (χ2n) is 5.04. The monoisotopic (exact) mass is 302 g/mol. The van der Waals surface area contributed by atoms with E-state index in [0.29, 0.717) is 23.8 Å². The van der Waals surface area contributed by atoms with E-state index >= 15 is 0 Å². The van der Waals surface area contributed by atoms with Gasteiger partial charge in [0.05, 0.1) is 31.9 Å². The van der Waals surface area contributed by atoms with Gasteiger partial charge in [-0.3, -0.25) is 5.73 Å². The van der Waals surface area contributed by atoms with Crippen LogP contribution < -0.4 is 26.3 Å². The average molecular weight is 302 g/mol. The van der Waals surface area contributed by atoms with Crippen molar-refractivity contribution in [3.05, 3.63) is 35.9 Å². The van der Waals surface area contributed by atoms with Gasteiger partial charge in [0.2, 0.25) is 0 Å². The van der Waals surface area contributed by atoms with Crippen molar-refractivity contribution in [2.45, 2.75) is 12.2 Å². The molecule has 0 amide bonds. The molecule has 3 rings (SSSR count). The molecule has 8 heteroatoms. The van der Waals surface area contributed by atoms with E-state index in [2.05, 4.69) is 20.3 Å². The van der Waals surface area contributed by atoms with E-state index in [1.54, 1.807) is 38.9 Å². The maximum atomic E-state index is 6.31. The summed E-state index contributed by atoms with van der Waals surface area (Å²) in [5.41, 5.74) is 14.6. The summed E-state index contributed by atoms with van der Waals surface area (Å²) in [7, 11) is 3.14. The van der Waals surface area contributed by atoms with Crippen LogP contribution in [0.4, 0.5) is 5.69 Å². The van der Waals surface area contributed by atoms with E-state index in [1.165, 1.54) is 0 Å². The van der Waals surface area contributed by atoms with Gasteiger partial charge >= 0.3 is 0 Å². The van der Waals surface area contributed by atoms with Gasteiger partial charge in [0.1, 0.15) is 5.84 Å². The van der Waals surface area contributed by atoms with Crippen LogP contribution >= 0.6 is 0 Å². The van der Waals surface area contributed by atoms with Gasteiger partial charge in [0.25, 0.3) is 0 Å². The van der Waals surface area contributed by atoms with Crippen LogP contribution in [0.1, 0.15) is 11.3 Å². The number of hydrogen-bond donors (Lipinski definition) is 4. The van der Waals surface area contributed by atoms with Crippen molar-refractivity contribution < 1.29 is 9.47 Å². The number of rotatable bonds is 4. The summed E-state index contributed by atoms with van der Waals surface area (Å²) in [6.07, 6.45) is 3.76. The molecule has 1 unspecified atom stereocenters. The first-order valence-electron chi connectivity index (χ1n) is 6.71. The fourth-order valence-corrected chi connectivity index (χ4v) is 2.48. The molecule has 1 aromatic heterocycles. The predicted octanol–water partition coefficient (Wildman–Crippen LogP) is 0.413. The minimum absolute atomic E-state index is 0.340. The summed E-state index contributed by atoms with van der Waals surface area (Å²) in [6.45, 7) is 0. The molecule has 0 saturated carbocycles. The number of nitrogens with one attached hydrogen (secondary N) is 2. The lowest BCUT2D eigenvalue weighted by atomic mass is 10.0. The third kappa shape index (κ3) is 2.44. The Morgan fingerprint density at radius 3 is 2.59 bits per heavy atom. The summed E-state index contributed by atoms with van der Waals surface area (Å²) >= 11 is 0. The van der Waals surface area contributed by atoms with Gasteiger partial charge < -0.3 is 25.5 Å². The minimum atomic E-state index is -1.06. The van der Waals surface area contributed by atoms with E-state index in [9.17, 15) is 0 Å². The van der Waals surface area contributed by atoms with Crippen LogP contribution in [0.15, 0.2) is 29.6 Å². The van der Waals surface area contributed by atoms with Crippen LogP contribution in [-0.4, -0.2) is 35.8 Å². The fourth-order valence-electron chi connectivity index (χ4n) is 2.48. The van der Waals surface area contributed by atoms with Crippen molar-refractivity contribution in [2.75, 3.05) is 19.5 Å². The molecule has 1 aliphatic rings. The number of H-pyrrole nitrogens is 1. The third-order valence-corrected chi connectivity index (χ3v) is 3.48. The Balaban J connectivity index is 1.99. The standard InChI is InChI=1S/C14H18N6O2/c1-21-11-3-9-10(4-12(11)22-2)19-14(16,20-13(9)15)5-8-6-17-7-18-8/h3-4,6-7,19H,5,16H2,1-2H3,(H2,15,20)(H,17,18). The lowest BCUT2D eigenvalue weighted by Gasteiger charge is -2.33. The third-order valence-electron chi connectivity index (χ3n) is 3.48. The van der Waals surface area contributed by atoms with E-state index in [0.717, 1.165) is 16.9 Å². The van der Waals surface area contributed by atoms with E-state index in [-0.39, 0.29) is 0 Å². The van der Waals surface area contributed by atoms with Crippen LogP contribution in [0.25, 0.3) is 0 Å². The summed E-state index contributed by atoms with van der Waals surface area (Å²) in [5, 5.41) is 3.19. The molecule has 1 aromatic carbocycles. The van der Waals surface area contributed by atoms with E-state index in [1.807, 2.05) is 0 Å². The lowest BCUT2D eigenvalue weighted by molar-refractivity contribution is 0.354. The molecule has 1 aliphatic heterocycles. The quantitative estimate of drug-likeness (QED) is 0.648. The highest BCUT2D eigenvalue weighted by atomic mass is 16.5. The Bertz CT molecular complexity index is 712. The maximum Gasteiger partial charge on any atom is 0.190 e. The molecule has 0 aliphatic carbocycles. The highest BCUT2D eigenvalue weighted by molar-refractivity contribution is 6.05. The van der Waals surface area contributed by atoms with Crippen LogP contribution in [0, 0.1) is 0 Å². The fraction of sp³-hybridized carbons (Fsp3) is 0.286. The second-order valence-corrected chi connectivity index (χ2v) is 5.04. The van der Waals surface area contributed by atoms with Crippen LogP contribution in [0.3, 0.4) is 0 Å². The number of hydrogen-bond acceptors (Lipinski definition) is 7. The van der Waals surface area contributed by atoms with Gasteiger partial charge in [-0.1, -0.05) is 0 Å². The zero-order valence-corrected chi connectivity index (χ0v) is 12.4. The van der Waals surface area contributed by atoms with Crippen molar-refractivity contribution >= 4 is 11.5 Å². The number of fused-ring (bicyclic) bond motifs is 1. The zero-order valence-electron chi connectivity index (χ0n) is 12.4. The van der Waals surface area contributed by atoms with Crippen molar-refractivity contribution in [1.29, 1.82) is 0 Å². The molecule has 116 valence electrons. The molecule has 8 nitrogen and oxygen atoms in total. The summed E-state index contributed by atoms with van der Waals surface area (Å²) < 4.78 is 10.6. The van der Waals surface area contributed by atoms with Crippen molar-refractivity contribution in [3.8, 4) is 11.5 Å². The number of methoxy groups -OCH3 is 2. The molecule has 1 atom stereocenters. The Morgan fingerprint density at radius 1 is 1.23 bits per heavy atom. The second kappa shape index (κ2) is 5.23. The SMILES string of the molecule is COc1cc2c(cc1OC)C(N)=NC(N)(Cc1c[nH]cn1)N2. The highest BCUT2D eigenvalue weighted by Gasteiger charge is 2.32. The number of benzene rings is 1. The first-order chi connectivity index (χ1) is 10.5. The molecule has 0 radical (unpaired) electrons. The molecule has 2 aromatic rings. The molecule has 22 heavy (non-hydrogen) atoms. The average Bonchev–Trinajstić information content (AvgIpc) is 2.98. The molecular weight excluding hydrogens is 284 g/mol. The Morgan fingerprint density at radius 2 is 1.95 bits per heavy atom. The number of nitrogens with zero attached hydrogens (tertiary/aromatic N) is 2. The number of aromatic amines is 1. The lowest BCUT2D eigenvalue weighted by Crippen LogP contribution is -2.52. The first kappa shape index (κ1) is 14.2. The van der Waals surface area contributed by atoms with Crippen LogP contribution in [0.5, 0.6) is 11.5 Å². The summed E-state index contributed by atoms with van der Waals surface area (Å²) in [5.74, 6) is 0.447. The van der Waals surface area contributed by atoms with Gasteiger partial charge in [0, 0.05) is 24.2 Å². The highest BCUT2D eigenvalue weighted by Crippen LogP contribution is 2.36. The summed E-state index contributed by atoms with van der Waals surface area (Å²) in [4.78, 5) is 11.4. The topological polar surface area (TPSA) is 124 Å². The predicted molar refractivity (Wildman–Crippen MR) is 83.1 cm³/mol. The normalized spacial score (nSPS) is 19.9. The van der Waals surface area contributed by atoms with Gasteiger partial charge in [0.15, 0.2) is 17.3 Å². The molecule has 0 saturated heterocycles. The van der Waals surface area contributed by atoms with Crippen molar-refractivity contribution in [2.24, 2.45) is 16.5 Å².